The summed E-state index contributed by atoms with van der Waals surface area (Å²) in [4.78, 5) is 41.7. The van der Waals surface area contributed by atoms with Crippen LogP contribution in [-0.2, 0) is 21.1 Å². The van der Waals surface area contributed by atoms with E-state index in [1.165, 1.54) is 37.6 Å². The summed E-state index contributed by atoms with van der Waals surface area (Å²) < 4.78 is 14.9. The summed E-state index contributed by atoms with van der Waals surface area (Å²) in [6.07, 6.45) is 0. The van der Waals surface area contributed by atoms with Crippen molar-refractivity contribution >= 4 is 45.3 Å². The predicted octanol–water partition coefficient (Wildman–Crippen LogP) is 1.24. The molecule has 0 aliphatic heterocycles. The molecule has 172 valence electrons. The first-order valence-corrected chi connectivity index (χ1v) is 11.0. The summed E-state index contributed by atoms with van der Waals surface area (Å²) in [6.45, 7) is 0. The summed E-state index contributed by atoms with van der Waals surface area (Å²) in [5.41, 5.74) is -0.00966. The average Bonchev–Trinajstić information content (AvgIpc) is 3.39. The smallest absolute Gasteiger partial charge is 0.332 e. The van der Waals surface area contributed by atoms with Gasteiger partial charge in [-0.15, -0.1) is 10.2 Å². The molecule has 0 fully saturated rings. The van der Waals surface area contributed by atoms with Crippen molar-refractivity contribution in [2.75, 3.05) is 19.5 Å². The van der Waals surface area contributed by atoms with Gasteiger partial charge in [0.25, 0.3) is 11.5 Å². The van der Waals surface area contributed by atoms with Crippen LogP contribution in [0.4, 0.5) is 5.13 Å². The fraction of sp³-hybridized carbons (Fsp3) is 0.263. The van der Waals surface area contributed by atoms with E-state index in [0.29, 0.717) is 32.2 Å². The van der Waals surface area contributed by atoms with Crippen molar-refractivity contribution in [2.24, 2.45) is 21.1 Å². The van der Waals surface area contributed by atoms with Gasteiger partial charge in [-0.25, -0.2) is 9.78 Å². The number of benzene rings is 1. The van der Waals surface area contributed by atoms with Crippen LogP contribution < -0.4 is 26.0 Å². The second kappa shape index (κ2) is 8.71. The lowest BCUT2D eigenvalue weighted by Crippen LogP contribution is -2.37. The van der Waals surface area contributed by atoms with Crippen LogP contribution in [-0.4, -0.2) is 49.0 Å². The zero-order chi connectivity index (χ0) is 23.9. The second-order valence-electron chi connectivity index (χ2n) is 6.86. The Morgan fingerprint density at radius 2 is 1.67 bits per heavy atom. The number of fused-ring (bicyclic) bond motifs is 1. The summed E-state index contributed by atoms with van der Waals surface area (Å²) >= 11 is 2.31. The minimum atomic E-state index is -0.477. The molecule has 0 aliphatic carbocycles. The lowest BCUT2D eigenvalue weighted by Gasteiger charge is -2.07. The Morgan fingerprint density at radius 1 is 1.00 bits per heavy atom. The molecular formula is C19H19N7O5S2. The molecule has 4 aromatic rings. The molecule has 0 bridgehead atoms. The van der Waals surface area contributed by atoms with Crippen molar-refractivity contribution in [2.45, 2.75) is 9.50 Å². The van der Waals surface area contributed by atoms with Crippen LogP contribution in [0.15, 0.2) is 37.3 Å². The van der Waals surface area contributed by atoms with Gasteiger partial charge in [-0.2, -0.15) is 0 Å². The average molecular weight is 490 g/mol. The number of carbonyl (C=O) groups excluding carboxylic acids is 1. The van der Waals surface area contributed by atoms with Crippen molar-refractivity contribution in [1.82, 2.24) is 28.9 Å². The van der Waals surface area contributed by atoms with Gasteiger partial charge in [-0.3, -0.25) is 24.0 Å². The van der Waals surface area contributed by atoms with Crippen LogP contribution in [0.25, 0.3) is 11.2 Å². The van der Waals surface area contributed by atoms with Crippen LogP contribution >= 0.6 is 23.1 Å². The lowest BCUT2D eigenvalue weighted by molar-refractivity contribution is 0.102. The number of hydrogen-bond donors (Lipinski definition) is 1. The quantitative estimate of drug-likeness (QED) is 0.397. The first-order chi connectivity index (χ1) is 15.7. The van der Waals surface area contributed by atoms with Crippen molar-refractivity contribution in [3.05, 3.63) is 44.6 Å². The van der Waals surface area contributed by atoms with Gasteiger partial charge in [-0.1, -0.05) is 11.3 Å². The summed E-state index contributed by atoms with van der Waals surface area (Å²) in [7, 11) is 7.69. The van der Waals surface area contributed by atoms with E-state index in [2.05, 4.69) is 20.5 Å². The monoisotopic (exact) mass is 489 g/mol. The highest BCUT2D eigenvalue weighted by molar-refractivity contribution is 8.01. The standard InChI is InChI=1S/C19H19N7O5S2/c1-24-14-12(15(28)26(3)19(29)25(14)2)20-17(24)33-18-23-22-16(32-18)21-13(27)9-6-10(30-4)8-11(7-9)31-5/h6-8H,1-5H3,(H,21,22,27). The summed E-state index contributed by atoms with van der Waals surface area (Å²) in [5.74, 6) is 0.562. The third kappa shape index (κ3) is 4.09. The van der Waals surface area contributed by atoms with E-state index in [1.54, 1.807) is 36.9 Å². The fourth-order valence-electron chi connectivity index (χ4n) is 3.14. The zero-order valence-corrected chi connectivity index (χ0v) is 19.9. The van der Waals surface area contributed by atoms with Crippen molar-refractivity contribution < 1.29 is 14.3 Å². The largest absolute Gasteiger partial charge is 0.497 e. The number of aryl methyl sites for hydroxylation is 2. The van der Waals surface area contributed by atoms with Crippen molar-refractivity contribution in [1.29, 1.82) is 0 Å². The van der Waals surface area contributed by atoms with E-state index in [-0.39, 0.29) is 10.6 Å². The van der Waals surface area contributed by atoms with E-state index < -0.39 is 17.2 Å². The molecule has 4 rings (SSSR count). The molecule has 0 saturated heterocycles. The third-order valence-corrected chi connectivity index (χ3v) is 6.78. The number of aromatic nitrogens is 6. The van der Waals surface area contributed by atoms with Gasteiger partial charge in [0, 0.05) is 32.8 Å². The molecule has 1 aromatic carbocycles. The van der Waals surface area contributed by atoms with Gasteiger partial charge >= 0.3 is 5.69 Å². The van der Waals surface area contributed by atoms with Crippen molar-refractivity contribution in [3.63, 3.8) is 0 Å². The molecule has 14 heteroatoms. The topological polar surface area (TPSA) is 135 Å². The number of methoxy groups -OCH3 is 2. The Bertz CT molecular complexity index is 1480. The first-order valence-electron chi connectivity index (χ1n) is 9.41. The molecule has 3 heterocycles. The molecule has 0 aliphatic rings. The molecule has 0 atom stereocenters. The third-order valence-electron chi connectivity index (χ3n) is 4.84. The zero-order valence-electron chi connectivity index (χ0n) is 18.3. The highest BCUT2D eigenvalue weighted by atomic mass is 32.2. The second-order valence-corrected chi connectivity index (χ2v) is 9.05. The number of ether oxygens (including phenoxy) is 2. The summed E-state index contributed by atoms with van der Waals surface area (Å²) in [5, 5.41) is 11.5. The highest BCUT2D eigenvalue weighted by Crippen LogP contribution is 2.32. The molecular weight excluding hydrogens is 470 g/mol. The van der Waals surface area contributed by atoms with Gasteiger partial charge in [-0.05, 0) is 23.9 Å². The fourth-order valence-corrected chi connectivity index (χ4v) is 4.84. The number of carbonyl (C=O) groups is 1. The number of anilines is 1. The number of imidazole rings is 1. The molecule has 12 nitrogen and oxygen atoms in total. The first kappa shape index (κ1) is 22.5. The molecule has 0 spiro atoms. The Balaban J connectivity index is 1.58. The lowest BCUT2D eigenvalue weighted by atomic mass is 10.2. The highest BCUT2D eigenvalue weighted by Gasteiger charge is 2.19. The van der Waals surface area contributed by atoms with Crippen molar-refractivity contribution in [3.8, 4) is 11.5 Å². The normalized spacial score (nSPS) is 11.1. The van der Waals surface area contributed by atoms with Crippen LogP contribution in [0, 0.1) is 0 Å². The maximum absolute atomic E-state index is 12.7. The SMILES string of the molecule is COc1cc(OC)cc(C(=O)Nc2nnc(Sc3nc4c(=O)n(C)c(=O)n(C)c4n3C)s2)c1. The van der Waals surface area contributed by atoms with Gasteiger partial charge in [0.15, 0.2) is 20.7 Å². The van der Waals surface area contributed by atoms with Gasteiger partial charge in [0.05, 0.1) is 14.2 Å². The van der Waals surface area contributed by atoms with Crippen LogP contribution in [0.2, 0.25) is 0 Å². The molecule has 0 radical (unpaired) electrons. The van der Waals surface area contributed by atoms with Crippen LogP contribution in [0.3, 0.4) is 0 Å². The molecule has 3 aromatic heterocycles. The molecule has 1 N–H and O–H groups in total. The number of hydrogen-bond acceptors (Lipinski definition) is 10. The minimum absolute atomic E-state index is 0.176. The molecule has 1 amide bonds. The van der Waals surface area contributed by atoms with E-state index in [0.717, 1.165) is 15.9 Å². The van der Waals surface area contributed by atoms with Gasteiger partial charge in [0.2, 0.25) is 5.13 Å². The van der Waals surface area contributed by atoms with Crippen LogP contribution in [0.1, 0.15) is 10.4 Å². The number of amides is 1. The predicted molar refractivity (Wildman–Crippen MR) is 123 cm³/mol. The molecule has 0 saturated carbocycles. The number of rotatable bonds is 6. The molecule has 0 unspecified atom stereocenters. The minimum Gasteiger partial charge on any atom is -0.497 e. The summed E-state index contributed by atoms with van der Waals surface area (Å²) in [6, 6.07) is 4.83. The van der Waals surface area contributed by atoms with E-state index in [4.69, 9.17) is 9.47 Å². The maximum atomic E-state index is 12.7. The van der Waals surface area contributed by atoms with Gasteiger partial charge in [0.1, 0.15) is 11.5 Å². The maximum Gasteiger partial charge on any atom is 0.332 e. The Hall–Kier alpha value is -3.65. The number of nitrogens with one attached hydrogen (secondary N) is 1. The van der Waals surface area contributed by atoms with Gasteiger partial charge < -0.3 is 14.0 Å². The Labute approximate surface area is 194 Å². The Kier molecular flexibility index (Phi) is 5.95. The molecule has 33 heavy (non-hydrogen) atoms. The number of nitrogens with zero attached hydrogens (tertiary/aromatic N) is 6. The van der Waals surface area contributed by atoms with E-state index in [9.17, 15) is 14.4 Å². The van der Waals surface area contributed by atoms with E-state index in [1.807, 2.05) is 0 Å². The Morgan fingerprint density at radius 3 is 2.30 bits per heavy atom. The van der Waals surface area contributed by atoms with E-state index >= 15 is 0 Å². The van der Waals surface area contributed by atoms with Crippen LogP contribution in [0.5, 0.6) is 11.5 Å².